The van der Waals surface area contributed by atoms with Crippen molar-refractivity contribution in [2.24, 2.45) is 0 Å². The summed E-state index contributed by atoms with van der Waals surface area (Å²) in [5.74, 6) is 0.305. The highest BCUT2D eigenvalue weighted by Gasteiger charge is 2.19. The van der Waals surface area contributed by atoms with Crippen LogP contribution in [0.15, 0.2) is 18.2 Å². The summed E-state index contributed by atoms with van der Waals surface area (Å²) in [5, 5.41) is 1.82. The number of carbonyl (C=O) groups excluding carboxylic acids is 1. The molecular weight excluding hydrogens is 274 g/mol. The fraction of sp³-hybridized carbons (Fsp3) is 0.400. The van der Waals surface area contributed by atoms with Gasteiger partial charge in [-0.1, -0.05) is 0 Å². The predicted octanol–water partition coefficient (Wildman–Crippen LogP) is 1.54. The van der Waals surface area contributed by atoms with Gasteiger partial charge in [0.25, 0.3) is 5.69 Å². The molecule has 1 aromatic carbocycles. The van der Waals surface area contributed by atoms with E-state index in [2.05, 4.69) is 0 Å². The van der Waals surface area contributed by atoms with Crippen molar-refractivity contribution in [1.29, 1.82) is 0 Å². The van der Waals surface area contributed by atoms with E-state index in [0.29, 0.717) is 23.7 Å². The standard InChI is InChI=1S/C15H19NO5/c1-5-20-14(17)7-6-11-8-12(16-18)15(21-10(2)3)13(9-11)19-4/h6-10H,5H2,1-4H3/p+1/b7-6+. The van der Waals surface area contributed by atoms with Gasteiger partial charge >= 0.3 is 5.97 Å². The van der Waals surface area contributed by atoms with E-state index < -0.39 is 5.97 Å². The Morgan fingerprint density at radius 2 is 2.10 bits per heavy atom. The summed E-state index contributed by atoms with van der Waals surface area (Å²) in [5.41, 5.74) is 0.862. The number of hydrogen-bond acceptors (Lipinski definition) is 5. The van der Waals surface area contributed by atoms with Gasteiger partial charge in [-0.05, 0) is 38.5 Å². The van der Waals surface area contributed by atoms with Crippen molar-refractivity contribution in [3.05, 3.63) is 28.7 Å². The third-order valence-corrected chi connectivity index (χ3v) is 2.46. The van der Waals surface area contributed by atoms with Gasteiger partial charge in [-0.3, -0.25) is 0 Å². The molecule has 0 aromatic heterocycles. The molecular formula is C15H20NO5+. The van der Waals surface area contributed by atoms with E-state index in [-0.39, 0.29) is 11.8 Å². The van der Waals surface area contributed by atoms with Gasteiger partial charge in [-0.25, -0.2) is 4.79 Å². The fourth-order valence-corrected chi connectivity index (χ4v) is 1.66. The summed E-state index contributed by atoms with van der Waals surface area (Å²) in [6, 6.07) is 3.25. The molecule has 1 rings (SSSR count). The first-order chi connectivity index (χ1) is 10.0. The second kappa shape index (κ2) is 8.04. The van der Waals surface area contributed by atoms with E-state index in [9.17, 15) is 9.70 Å². The van der Waals surface area contributed by atoms with Crippen LogP contribution in [-0.4, -0.2) is 25.8 Å². The lowest BCUT2D eigenvalue weighted by Gasteiger charge is -2.13. The molecule has 0 unspecified atom stereocenters. The lowest BCUT2D eigenvalue weighted by atomic mass is 10.1. The van der Waals surface area contributed by atoms with Crippen LogP contribution in [0.3, 0.4) is 0 Å². The number of nitrogens with one attached hydrogen (secondary N) is 1. The zero-order valence-corrected chi connectivity index (χ0v) is 12.6. The lowest BCUT2D eigenvalue weighted by Crippen LogP contribution is -2.56. The van der Waals surface area contributed by atoms with Crippen molar-refractivity contribution in [2.75, 3.05) is 13.7 Å². The minimum absolute atomic E-state index is 0.105. The second-order valence-corrected chi connectivity index (χ2v) is 4.45. The van der Waals surface area contributed by atoms with Gasteiger partial charge in [0.2, 0.25) is 5.75 Å². The first-order valence-corrected chi connectivity index (χ1v) is 6.63. The number of methoxy groups -OCH3 is 1. The van der Waals surface area contributed by atoms with Gasteiger partial charge in [0.05, 0.1) is 19.8 Å². The van der Waals surface area contributed by atoms with E-state index >= 15 is 0 Å². The van der Waals surface area contributed by atoms with Gasteiger partial charge < -0.3 is 14.2 Å². The molecule has 6 heteroatoms. The van der Waals surface area contributed by atoms with Crippen molar-refractivity contribution in [1.82, 2.24) is 0 Å². The van der Waals surface area contributed by atoms with Gasteiger partial charge in [0, 0.05) is 22.2 Å². The van der Waals surface area contributed by atoms with Crippen molar-refractivity contribution in [3.8, 4) is 11.5 Å². The Balaban J connectivity index is 3.14. The maximum Gasteiger partial charge on any atom is 0.330 e. The molecule has 1 aromatic rings. The van der Waals surface area contributed by atoms with E-state index in [1.807, 2.05) is 19.0 Å². The molecule has 0 bridgehead atoms. The highest BCUT2D eigenvalue weighted by atomic mass is 16.5. The third kappa shape index (κ3) is 4.91. The molecule has 21 heavy (non-hydrogen) atoms. The predicted molar refractivity (Wildman–Crippen MR) is 78.4 cm³/mol. The van der Waals surface area contributed by atoms with Crippen molar-refractivity contribution in [2.45, 2.75) is 26.9 Å². The molecule has 0 saturated carbocycles. The van der Waals surface area contributed by atoms with Crippen LogP contribution in [0.4, 0.5) is 5.69 Å². The zero-order valence-electron chi connectivity index (χ0n) is 12.6. The molecule has 0 amide bonds. The van der Waals surface area contributed by atoms with Crippen LogP contribution in [0, 0.1) is 4.91 Å². The number of carbonyl (C=O) groups is 1. The van der Waals surface area contributed by atoms with Crippen LogP contribution in [-0.2, 0) is 9.53 Å². The number of ether oxygens (including phenoxy) is 3. The first-order valence-electron chi connectivity index (χ1n) is 6.63. The maximum atomic E-state index is 11.3. The van der Waals surface area contributed by atoms with E-state index in [1.165, 1.54) is 13.2 Å². The van der Waals surface area contributed by atoms with Crippen LogP contribution < -0.4 is 14.7 Å². The molecule has 114 valence electrons. The summed E-state index contributed by atoms with van der Waals surface area (Å²) in [6.07, 6.45) is 2.73. The third-order valence-electron chi connectivity index (χ3n) is 2.46. The summed E-state index contributed by atoms with van der Waals surface area (Å²) >= 11 is 0. The molecule has 1 N–H and O–H groups in total. The Kier molecular flexibility index (Phi) is 6.39. The normalized spacial score (nSPS) is 10.7. The van der Waals surface area contributed by atoms with Crippen molar-refractivity contribution in [3.63, 3.8) is 0 Å². The lowest BCUT2D eigenvalue weighted by molar-refractivity contribution is -0.380. The van der Waals surface area contributed by atoms with Gasteiger partial charge in [0.1, 0.15) is 0 Å². The van der Waals surface area contributed by atoms with E-state index in [0.717, 1.165) is 0 Å². The number of esters is 1. The van der Waals surface area contributed by atoms with Crippen LogP contribution >= 0.6 is 0 Å². The molecule has 0 atom stereocenters. The molecule has 0 saturated heterocycles. The van der Waals surface area contributed by atoms with Crippen LogP contribution in [0.2, 0.25) is 0 Å². The smallest absolute Gasteiger partial charge is 0.330 e. The summed E-state index contributed by atoms with van der Waals surface area (Å²) < 4.78 is 15.6. The zero-order chi connectivity index (χ0) is 15.8. The average Bonchev–Trinajstić information content (AvgIpc) is 2.45. The van der Waals surface area contributed by atoms with Gasteiger partial charge in [0.15, 0.2) is 5.75 Å². The molecule has 0 aliphatic carbocycles. The highest BCUT2D eigenvalue weighted by molar-refractivity contribution is 5.87. The average molecular weight is 294 g/mol. The first kappa shape index (κ1) is 16.7. The van der Waals surface area contributed by atoms with Crippen LogP contribution in [0.25, 0.3) is 6.08 Å². The van der Waals surface area contributed by atoms with Gasteiger partial charge in [-0.2, -0.15) is 0 Å². The topological polar surface area (TPSA) is 75.8 Å². The van der Waals surface area contributed by atoms with Crippen LogP contribution in [0.5, 0.6) is 11.5 Å². The van der Waals surface area contributed by atoms with Crippen molar-refractivity contribution < 1.29 is 24.2 Å². The van der Waals surface area contributed by atoms with E-state index in [4.69, 9.17) is 14.2 Å². The number of hydrogen-bond donors (Lipinski definition) is 1. The number of benzene rings is 1. The summed E-state index contributed by atoms with van der Waals surface area (Å²) in [4.78, 5) is 22.4. The second-order valence-electron chi connectivity index (χ2n) is 4.45. The number of nitroso groups, excluding NO2 is 1. The molecule has 0 aliphatic rings. The molecule has 0 aliphatic heterocycles. The summed E-state index contributed by atoms with van der Waals surface area (Å²) in [7, 11) is 1.48. The highest BCUT2D eigenvalue weighted by Crippen LogP contribution is 2.35. The maximum absolute atomic E-state index is 11.3. The SMILES string of the molecule is CCOC(=O)/C=C/c1cc([NH+]=O)c(OC(C)C)c(OC)c1. The molecule has 6 nitrogen and oxygen atoms in total. The fourth-order valence-electron chi connectivity index (χ4n) is 1.66. The minimum Gasteiger partial charge on any atom is -0.493 e. The van der Waals surface area contributed by atoms with Crippen molar-refractivity contribution >= 4 is 17.7 Å². The van der Waals surface area contributed by atoms with Crippen LogP contribution in [0.1, 0.15) is 26.3 Å². The molecule has 0 radical (unpaired) electrons. The van der Waals surface area contributed by atoms with E-state index in [1.54, 1.807) is 25.1 Å². The molecule has 0 heterocycles. The Morgan fingerprint density at radius 3 is 2.62 bits per heavy atom. The number of rotatable bonds is 7. The summed E-state index contributed by atoms with van der Waals surface area (Å²) in [6.45, 7) is 5.73. The Morgan fingerprint density at radius 1 is 1.38 bits per heavy atom. The Bertz CT molecular complexity index is 537. The Labute approximate surface area is 123 Å². The quantitative estimate of drug-likeness (QED) is 0.610. The molecule has 0 spiro atoms. The largest absolute Gasteiger partial charge is 0.493 e. The van der Waals surface area contributed by atoms with Gasteiger partial charge in [-0.15, -0.1) is 0 Å². The Hall–Kier alpha value is -2.37. The monoisotopic (exact) mass is 294 g/mol. The minimum atomic E-state index is -0.449. The molecule has 0 fully saturated rings.